The molecule has 1 saturated heterocycles. The second kappa shape index (κ2) is 7.48. The molecule has 8 nitrogen and oxygen atoms in total. The van der Waals surface area contributed by atoms with Crippen LogP contribution in [0, 0.1) is 0 Å². The van der Waals surface area contributed by atoms with E-state index in [1.165, 1.54) is 7.11 Å². The van der Waals surface area contributed by atoms with Crippen molar-refractivity contribution in [2.45, 2.75) is 26.0 Å². The van der Waals surface area contributed by atoms with Crippen molar-refractivity contribution in [2.75, 3.05) is 39.9 Å². The van der Waals surface area contributed by atoms with Crippen molar-refractivity contribution in [1.82, 2.24) is 19.9 Å². The predicted molar refractivity (Wildman–Crippen MR) is 76.0 cm³/mol. The van der Waals surface area contributed by atoms with Crippen LogP contribution < -0.4 is 5.73 Å². The Hall–Kier alpha value is -1.51. The summed E-state index contributed by atoms with van der Waals surface area (Å²) in [6.45, 7) is 6.63. The number of hydrogen-bond donors (Lipinski definition) is 1. The van der Waals surface area contributed by atoms with Gasteiger partial charge in [0.05, 0.1) is 32.1 Å². The summed E-state index contributed by atoms with van der Waals surface area (Å²) in [5.74, 6) is -0.482. The number of carbonyl (C=O) groups is 1. The minimum atomic E-state index is -0.482. The predicted octanol–water partition coefficient (Wildman–Crippen LogP) is -0.713. The minimum absolute atomic E-state index is 0.0439. The van der Waals surface area contributed by atoms with E-state index in [0.717, 1.165) is 19.6 Å². The molecule has 118 valence electrons. The topological polar surface area (TPSA) is 95.5 Å². The fourth-order valence-electron chi connectivity index (χ4n) is 2.49. The Morgan fingerprint density at radius 2 is 2.38 bits per heavy atom. The largest absolute Gasteiger partial charge is 0.464 e. The number of carbonyl (C=O) groups excluding carboxylic acids is 1. The number of aromatic nitrogens is 3. The molecule has 21 heavy (non-hydrogen) atoms. The van der Waals surface area contributed by atoms with Gasteiger partial charge in [0.1, 0.15) is 0 Å². The third-order valence-corrected chi connectivity index (χ3v) is 3.64. The van der Waals surface area contributed by atoms with Crippen LogP contribution in [-0.2, 0) is 22.4 Å². The van der Waals surface area contributed by atoms with Crippen molar-refractivity contribution in [3.63, 3.8) is 0 Å². The summed E-state index contributed by atoms with van der Waals surface area (Å²) in [6, 6.07) is 0. The lowest BCUT2D eigenvalue weighted by atomic mass is 10.2. The van der Waals surface area contributed by atoms with Crippen LogP contribution in [0.25, 0.3) is 0 Å². The average molecular weight is 297 g/mol. The van der Waals surface area contributed by atoms with Crippen LogP contribution in [0.15, 0.2) is 0 Å². The van der Waals surface area contributed by atoms with Gasteiger partial charge in [-0.2, -0.15) is 0 Å². The maximum Gasteiger partial charge on any atom is 0.360 e. The van der Waals surface area contributed by atoms with Crippen molar-refractivity contribution in [1.29, 1.82) is 0 Å². The molecule has 8 heteroatoms. The van der Waals surface area contributed by atoms with Gasteiger partial charge in [0, 0.05) is 19.5 Å². The molecule has 1 aromatic rings. The number of morpholine rings is 1. The van der Waals surface area contributed by atoms with Crippen LogP contribution in [0.3, 0.4) is 0 Å². The first-order chi connectivity index (χ1) is 10.2. The fourth-order valence-corrected chi connectivity index (χ4v) is 2.49. The van der Waals surface area contributed by atoms with Crippen LogP contribution in [0.2, 0.25) is 0 Å². The molecule has 2 heterocycles. The first-order valence-electron chi connectivity index (χ1n) is 7.24. The average Bonchev–Trinajstić information content (AvgIpc) is 2.90. The second-order valence-electron chi connectivity index (χ2n) is 4.98. The Morgan fingerprint density at radius 1 is 1.57 bits per heavy atom. The third-order valence-electron chi connectivity index (χ3n) is 3.64. The van der Waals surface area contributed by atoms with Crippen LogP contribution in [0.1, 0.15) is 23.1 Å². The lowest BCUT2D eigenvalue weighted by molar-refractivity contribution is -0.0363. The van der Waals surface area contributed by atoms with E-state index in [1.54, 1.807) is 4.68 Å². The van der Waals surface area contributed by atoms with Crippen molar-refractivity contribution < 1.29 is 14.3 Å². The summed E-state index contributed by atoms with van der Waals surface area (Å²) in [5.41, 5.74) is 6.57. The zero-order chi connectivity index (χ0) is 15.2. The molecule has 1 fully saturated rings. The summed E-state index contributed by atoms with van der Waals surface area (Å²) in [7, 11) is 1.33. The normalized spacial score (nSPS) is 19.7. The molecule has 0 spiro atoms. The van der Waals surface area contributed by atoms with Crippen LogP contribution in [0.4, 0.5) is 0 Å². The molecule has 1 aliphatic heterocycles. The summed E-state index contributed by atoms with van der Waals surface area (Å²) in [5, 5.41) is 7.98. The first kappa shape index (κ1) is 15.9. The number of likely N-dealkylation sites (N-methyl/N-ethyl adjacent to an activating group) is 1. The van der Waals surface area contributed by atoms with E-state index in [9.17, 15) is 4.79 Å². The van der Waals surface area contributed by atoms with Gasteiger partial charge in [-0.25, -0.2) is 9.48 Å². The van der Waals surface area contributed by atoms with Crippen molar-refractivity contribution in [3.8, 4) is 0 Å². The van der Waals surface area contributed by atoms with Crippen LogP contribution >= 0.6 is 0 Å². The Labute approximate surface area is 124 Å². The molecular weight excluding hydrogens is 274 g/mol. The number of ether oxygens (including phenoxy) is 2. The Kier molecular flexibility index (Phi) is 5.66. The molecule has 0 radical (unpaired) electrons. The zero-order valence-electron chi connectivity index (χ0n) is 12.6. The zero-order valence-corrected chi connectivity index (χ0v) is 12.6. The maximum absolute atomic E-state index is 11.7. The maximum atomic E-state index is 11.7. The molecule has 2 N–H and O–H groups in total. The van der Waals surface area contributed by atoms with E-state index >= 15 is 0 Å². The monoisotopic (exact) mass is 297 g/mol. The van der Waals surface area contributed by atoms with Crippen molar-refractivity contribution in [2.24, 2.45) is 5.73 Å². The highest BCUT2D eigenvalue weighted by Crippen LogP contribution is 2.12. The van der Waals surface area contributed by atoms with Gasteiger partial charge in [0.15, 0.2) is 5.69 Å². The van der Waals surface area contributed by atoms with Gasteiger partial charge >= 0.3 is 5.97 Å². The molecule has 1 atom stereocenters. The highest BCUT2D eigenvalue weighted by molar-refractivity contribution is 5.88. The van der Waals surface area contributed by atoms with Crippen LogP contribution in [-0.4, -0.2) is 71.9 Å². The summed E-state index contributed by atoms with van der Waals surface area (Å²) < 4.78 is 12.2. The van der Waals surface area contributed by atoms with Crippen LogP contribution in [0.5, 0.6) is 0 Å². The number of esters is 1. The summed E-state index contributed by atoms with van der Waals surface area (Å²) >= 11 is 0. The summed E-state index contributed by atoms with van der Waals surface area (Å²) in [4.78, 5) is 14.0. The standard InChI is InChI=1S/C13H23N5O3/c1-3-17-6-7-21-10(8-17)9-18-11(4-5-14)12(15-16-18)13(19)20-2/h10H,3-9,14H2,1-2H3. The fraction of sp³-hybridized carbons (Fsp3) is 0.769. The molecule has 2 rings (SSSR count). The van der Waals surface area contributed by atoms with Gasteiger partial charge in [-0.3, -0.25) is 4.90 Å². The SMILES string of the molecule is CCN1CCOC(Cn2nnc(C(=O)OC)c2CCN)C1. The molecule has 0 amide bonds. The number of hydrogen-bond acceptors (Lipinski definition) is 7. The molecule has 1 aliphatic rings. The van der Waals surface area contributed by atoms with Gasteiger partial charge in [0.2, 0.25) is 0 Å². The number of nitrogens with two attached hydrogens (primary N) is 1. The molecule has 0 saturated carbocycles. The summed E-state index contributed by atoms with van der Waals surface area (Å²) in [6.07, 6.45) is 0.573. The van der Waals surface area contributed by atoms with Gasteiger partial charge in [-0.05, 0) is 13.1 Å². The molecule has 0 aliphatic carbocycles. The number of methoxy groups -OCH3 is 1. The lowest BCUT2D eigenvalue weighted by Crippen LogP contribution is -2.44. The first-order valence-corrected chi connectivity index (χ1v) is 7.24. The van der Waals surface area contributed by atoms with E-state index in [-0.39, 0.29) is 11.8 Å². The quantitative estimate of drug-likeness (QED) is 0.693. The Balaban J connectivity index is 2.11. The lowest BCUT2D eigenvalue weighted by Gasteiger charge is -2.32. The third kappa shape index (κ3) is 3.78. The van der Waals surface area contributed by atoms with Gasteiger partial charge < -0.3 is 15.2 Å². The molecule has 1 aromatic heterocycles. The highest BCUT2D eigenvalue weighted by Gasteiger charge is 2.24. The van der Waals surface area contributed by atoms with E-state index in [4.69, 9.17) is 15.2 Å². The van der Waals surface area contributed by atoms with Gasteiger partial charge in [0.25, 0.3) is 0 Å². The minimum Gasteiger partial charge on any atom is -0.464 e. The smallest absolute Gasteiger partial charge is 0.360 e. The molecule has 0 bridgehead atoms. The van der Waals surface area contributed by atoms with E-state index in [2.05, 4.69) is 22.1 Å². The van der Waals surface area contributed by atoms with E-state index in [1.807, 2.05) is 0 Å². The number of nitrogens with zero attached hydrogens (tertiary/aromatic N) is 4. The van der Waals surface area contributed by atoms with Gasteiger partial charge in [-0.1, -0.05) is 12.1 Å². The highest BCUT2D eigenvalue weighted by atomic mass is 16.5. The van der Waals surface area contributed by atoms with E-state index < -0.39 is 5.97 Å². The van der Waals surface area contributed by atoms with Crippen molar-refractivity contribution in [3.05, 3.63) is 11.4 Å². The molecule has 1 unspecified atom stereocenters. The molecule has 0 aromatic carbocycles. The molecular formula is C13H23N5O3. The van der Waals surface area contributed by atoms with Gasteiger partial charge in [-0.15, -0.1) is 5.10 Å². The number of rotatable bonds is 6. The Morgan fingerprint density at radius 3 is 3.05 bits per heavy atom. The Bertz CT molecular complexity index is 476. The van der Waals surface area contributed by atoms with Crippen molar-refractivity contribution >= 4 is 5.97 Å². The second-order valence-corrected chi connectivity index (χ2v) is 4.98. The van der Waals surface area contributed by atoms with E-state index in [0.29, 0.717) is 31.8 Å².